The lowest BCUT2D eigenvalue weighted by atomic mass is 10.3. The van der Waals surface area contributed by atoms with Crippen molar-refractivity contribution in [3.05, 3.63) is 12.2 Å². The number of hydrogen-bond donors (Lipinski definition) is 0. The highest BCUT2D eigenvalue weighted by molar-refractivity contribution is 8.76. The summed E-state index contributed by atoms with van der Waals surface area (Å²) in [6.07, 6.45) is 7.61. The quantitative estimate of drug-likeness (QED) is 0.521. The molecule has 4 heteroatoms. The maximum absolute atomic E-state index is 10.6. The summed E-state index contributed by atoms with van der Waals surface area (Å²) in [5, 5.41) is 0.349. The smallest absolute Gasteiger partial charge is 0.130 e. The van der Waals surface area contributed by atoms with Crippen molar-refractivity contribution in [3.8, 4) is 0 Å². The van der Waals surface area contributed by atoms with Gasteiger partial charge in [0.2, 0.25) is 0 Å². The van der Waals surface area contributed by atoms with E-state index in [1.165, 1.54) is 0 Å². The van der Waals surface area contributed by atoms with Crippen LogP contribution >= 0.6 is 21.6 Å². The van der Waals surface area contributed by atoms with E-state index < -0.39 is 0 Å². The molecule has 1 atom stereocenters. The fourth-order valence-corrected chi connectivity index (χ4v) is 3.17. The molecule has 1 aliphatic rings. The zero-order chi connectivity index (χ0) is 9.52. The van der Waals surface area contributed by atoms with E-state index in [4.69, 9.17) is 0 Å². The molecule has 0 bridgehead atoms. The first kappa shape index (κ1) is 10.9. The van der Waals surface area contributed by atoms with E-state index in [0.29, 0.717) is 11.8 Å². The highest BCUT2D eigenvalue weighted by atomic mass is 33.1. The Morgan fingerprint density at radius 3 is 3.15 bits per heavy atom. The minimum atomic E-state index is 0.264. The molecule has 1 heterocycles. The molecule has 72 valence electrons. The Hall–Kier alpha value is -0.220. The number of hydrogen-bond acceptors (Lipinski definition) is 4. The van der Waals surface area contributed by atoms with Crippen LogP contribution in [0, 0.1) is 0 Å². The summed E-state index contributed by atoms with van der Waals surface area (Å²) < 4.78 is 0. The number of carbonyl (C=O) groups excluding carboxylic acids is 1. The molecule has 0 saturated heterocycles. The van der Waals surface area contributed by atoms with Crippen molar-refractivity contribution in [2.24, 2.45) is 4.99 Å². The molecule has 13 heavy (non-hydrogen) atoms. The summed E-state index contributed by atoms with van der Waals surface area (Å²) in [6, 6.07) is 0. The minimum absolute atomic E-state index is 0.264. The number of ketones is 1. The van der Waals surface area contributed by atoms with Crippen LogP contribution in [0.4, 0.5) is 0 Å². The molecule has 0 aromatic heterocycles. The normalized spacial score (nSPS) is 20.5. The summed E-state index contributed by atoms with van der Waals surface area (Å²) in [4.78, 5) is 14.9. The van der Waals surface area contributed by atoms with E-state index in [9.17, 15) is 4.79 Å². The first-order chi connectivity index (χ1) is 6.29. The molecule has 0 radical (unpaired) electrons. The monoisotopic (exact) mass is 215 g/mol. The lowest BCUT2D eigenvalue weighted by molar-refractivity contribution is -0.116. The van der Waals surface area contributed by atoms with Crippen molar-refractivity contribution < 1.29 is 4.79 Å². The average molecular weight is 215 g/mol. The third-order valence-electron chi connectivity index (χ3n) is 1.53. The summed E-state index contributed by atoms with van der Waals surface area (Å²) in [7, 11) is 3.49. The van der Waals surface area contributed by atoms with Crippen molar-refractivity contribution in [1.82, 2.24) is 0 Å². The number of carbonyl (C=O) groups is 1. The SMILES string of the molecule is CC(=O)CCSSC1CC=CC=N1. The van der Waals surface area contributed by atoms with Gasteiger partial charge in [-0.2, -0.15) is 0 Å². The lowest BCUT2D eigenvalue weighted by Gasteiger charge is -2.10. The molecule has 0 aromatic rings. The molecular weight excluding hydrogens is 202 g/mol. The zero-order valence-corrected chi connectivity index (χ0v) is 9.24. The molecule has 0 aliphatic carbocycles. The van der Waals surface area contributed by atoms with Gasteiger partial charge in [-0.15, -0.1) is 0 Å². The third-order valence-corrected chi connectivity index (χ3v) is 4.15. The fourth-order valence-electron chi connectivity index (χ4n) is 0.839. The van der Waals surface area contributed by atoms with Crippen LogP contribution in [0.25, 0.3) is 0 Å². The number of Topliss-reactive ketones (excluding diaryl/α,β-unsaturated/α-hetero) is 1. The second-order valence-electron chi connectivity index (χ2n) is 2.79. The molecule has 0 saturated carbocycles. The second-order valence-corrected chi connectivity index (χ2v) is 5.45. The maximum Gasteiger partial charge on any atom is 0.130 e. The van der Waals surface area contributed by atoms with Gasteiger partial charge in [0.1, 0.15) is 11.2 Å². The van der Waals surface area contributed by atoms with E-state index in [1.807, 2.05) is 12.3 Å². The Labute approximate surface area is 86.7 Å². The first-order valence-electron chi connectivity index (χ1n) is 4.25. The molecule has 0 amide bonds. The Morgan fingerprint density at radius 1 is 1.69 bits per heavy atom. The van der Waals surface area contributed by atoms with E-state index in [1.54, 1.807) is 28.5 Å². The van der Waals surface area contributed by atoms with E-state index in [-0.39, 0.29) is 5.78 Å². The Morgan fingerprint density at radius 2 is 2.54 bits per heavy atom. The van der Waals surface area contributed by atoms with Gasteiger partial charge in [-0.3, -0.25) is 9.79 Å². The summed E-state index contributed by atoms with van der Waals surface area (Å²) >= 11 is 0. The molecule has 0 N–H and O–H groups in total. The van der Waals surface area contributed by atoms with Gasteiger partial charge in [-0.25, -0.2) is 0 Å². The van der Waals surface area contributed by atoms with Crippen molar-refractivity contribution in [3.63, 3.8) is 0 Å². The minimum Gasteiger partial charge on any atom is -0.300 e. The summed E-state index contributed by atoms with van der Waals surface area (Å²) in [5.41, 5.74) is 0. The van der Waals surface area contributed by atoms with E-state index in [0.717, 1.165) is 12.2 Å². The number of aliphatic imine (C=N–C) groups is 1. The average Bonchev–Trinajstić information content (AvgIpc) is 2.14. The topological polar surface area (TPSA) is 29.4 Å². The van der Waals surface area contributed by atoms with Crippen LogP contribution < -0.4 is 0 Å². The molecule has 1 aliphatic heterocycles. The molecule has 0 spiro atoms. The lowest BCUT2D eigenvalue weighted by Crippen LogP contribution is -1.99. The second kappa shape index (κ2) is 6.27. The highest BCUT2D eigenvalue weighted by Gasteiger charge is 2.06. The zero-order valence-electron chi connectivity index (χ0n) is 7.60. The van der Waals surface area contributed by atoms with Gasteiger partial charge in [-0.05, 0) is 19.4 Å². The Kier molecular flexibility index (Phi) is 5.23. The predicted molar refractivity (Wildman–Crippen MR) is 61.4 cm³/mol. The van der Waals surface area contributed by atoms with Crippen molar-refractivity contribution >= 4 is 33.6 Å². The number of dihydropyridines is 1. The van der Waals surface area contributed by atoms with Crippen LogP contribution in [0.5, 0.6) is 0 Å². The van der Waals surface area contributed by atoms with Crippen LogP contribution in [0.3, 0.4) is 0 Å². The number of allylic oxidation sites excluding steroid dienone is 1. The van der Waals surface area contributed by atoms with Crippen molar-refractivity contribution in [2.45, 2.75) is 25.1 Å². The van der Waals surface area contributed by atoms with Gasteiger partial charge in [0.15, 0.2) is 0 Å². The van der Waals surface area contributed by atoms with Gasteiger partial charge in [0.25, 0.3) is 0 Å². The van der Waals surface area contributed by atoms with Gasteiger partial charge >= 0.3 is 0 Å². The van der Waals surface area contributed by atoms with Crippen molar-refractivity contribution in [1.29, 1.82) is 0 Å². The first-order valence-corrected chi connectivity index (χ1v) is 6.63. The van der Waals surface area contributed by atoms with Crippen LogP contribution in [-0.4, -0.2) is 23.1 Å². The van der Waals surface area contributed by atoms with Gasteiger partial charge in [0.05, 0.1) is 0 Å². The Balaban J connectivity index is 2.03. The summed E-state index contributed by atoms with van der Waals surface area (Å²) in [6.45, 7) is 1.63. The van der Waals surface area contributed by atoms with Crippen molar-refractivity contribution in [2.75, 3.05) is 5.75 Å². The predicted octanol–water partition coefficient (Wildman–Crippen LogP) is 2.70. The highest BCUT2D eigenvalue weighted by Crippen LogP contribution is 2.31. The third kappa shape index (κ3) is 5.16. The maximum atomic E-state index is 10.6. The van der Waals surface area contributed by atoms with Crippen LogP contribution in [-0.2, 0) is 4.79 Å². The number of rotatable bonds is 5. The molecule has 0 aromatic carbocycles. The molecule has 0 fully saturated rings. The standard InChI is InChI=1S/C9H13NOS2/c1-8(11)5-7-12-13-9-4-2-3-6-10-9/h2-3,6,9H,4-5,7H2,1H3. The molecule has 1 unspecified atom stereocenters. The fraction of sp³-hybridized carbons (Fsp3) is 0.556. The molecule has 1 rings (SSSR count). The van der Waals surface area contributed by atoms with Gasteiger partial charge < -0.3 is 0 Å². The largest absolute Gasteiger partial charge is 0.300 e. The van der Waals surface area contributed by atoms with Gasteiger partial charge in [-0.1, -0.05) is 27.7 Å². The van der Waals surface area contributed by atoms with Crippen LogP contribution in [0.2, 0.25) is 0 Å². The van der Waals surface area contributed by atoms with Gasteiger partial charge in [0, 0.05) is 18.4 Å². The Bertz CT molecular complexity index is 226. The van der Waals surface area contributed by atoms with E-state index >= 15 is 0 Å². The molecule has 2 nitrogen and oxygen atoms in total. The van der Waals surface area contributed by atoms with Crippen LogP contribution in [0.15, 0.2) is 17.1 Å². The van der Waals surface area contributed by atoms with E-state index in [2.05, 4.69) is 11.1 Å². The molecular formula is C9H13NOS2. The van der Waals surface area contributed by atoms with Crippen LogP contribution in [0.1, 0.15) is 19.8 Å². The summed E-state index contributed by atoms with van der Waals surface area (Å²) in [5.74, 6) is 1.16. The number of nitrogens with zero attached hydrogens (tertiary/aromatic N) is 1.